The van der Waals surface area contributed by atoms with Crippen LogP contribution < -0.4 is 40.1 Å². The van der Waals surface area contributed by atoms with E-state index in [0.717, 1.165) is 175 Å². The number of hydrogen-bond acceptors (Lipinski definition) is 17. The van der Waals surface area contributed by atoms with Crippen molar-refractivity contribution in [3.05, 3.63) is 80.4 Å². The first-order valence-corrected chi connectivity index (χ1v) is 35.5. The quantitative estimate of drug-likeness (QED) is 0.0371. The Hall–Kier alpha value is -5.15. The van der Waals surface area contributed by atoms with Gasteiger partial charge in [0, 0.05) is 105 Å². The number of rotatable bonds is 25. The Morgan fingerprint density at radius 1 is 0.707 bits per heavy atom. The molecule has 3 amide bonds. The van der Waals surface area contributed by atoms with Crippen molar-refractivity contribution in [2.75, 3.05) is 91.9 Å². The van der Waals surface area contributed by atoms with Crippen LogP contribution in [0.2, 0.25) is 0 Å². The summed E-state index contributed by atoms with van der Waals surface area (Å²) in [5.41, 5.74) is 9.33. The van der Waals surface area contributed by atoms with Gasteiger partial charge in [0.15, 0.2) is 0 Å². The third-order valence-electron chi connectivity index (χ3n) is 20.0. The number of aliphatic hydroxyl groups is 4. The number of hydrogen-bond donors (Lipinski definition) is 7. The summed E-state index contributed by atoms with van der Waals surface area (Å²) >= 11 is 0. The maximum atomic E-state index is 14.4. The molecule has 0 bridgehead atoms. The molecule has 9 unspecified atom stereocenters. The number of methoxy groups -OCH3 is 2. The van der Waals surface area contributed by atoms with E-state index in [0.29, 0.717) is 18.0 Å². The van der Waals surface area contributed by atoms with Crippen molar-refractivity contribution in [1.29, 1.82) is 0 Å². The van der Waals surface area contributed by atoms with E-state index < -0.39 is 77.1 Å². The molecule has 508 valence electrons. The zero-order chi connectivity index (χ0) is 65.2. The smallest absolute Gasteiger partial charge is 0.248 e. The highest BCUT2D eigenvalue weighted by molar-refractivity contribution is 7.89. The molecule has 0 aromatic heterocycles. The molecule has 11 rings (SSSR count). The maximum absolute atomic E-state index is 14.4. The van der Waals surface area contributed by atoms with Gasteiger partial charge in [0.25, 0.3) is 0 Å². The minimum absolute atomic E-state index is 0.143. The van der Waals surface area contributed by atoms with Crippen LogP contribution in [-0.2, 0) is 78.5 Å². The minimum Gasteiger partial charge on any atom is -0.455 e. The van der Waals surface area contributed by atoms with Crippen molar-refractivity contribution in [3.8, 4) is 11.5 Å². The summed E-state index contributed by atoms with van der Waals surface area (Å²) in [4.78, 5) is 41.6. The summed E-state index contributed by atoms with van der Waals surface area (Å²) in [6.07, 6.45) is 10.2. The summed E-state index contributed by atoms with van der Waals surface area (Å²) in [7, 11) is 0.670. The van der Waals surface area contributed by atoms with Gasteiger partial charge in [-0.3, -0.25) is 14.4 Å². The van der Waals surface area contributed by atoms with Crippen molar-refractivity contribution >= 4 is 39.0 Å². The Kier molecular flexibility index (Phi) is 24.3. The first-order chi connectivity index (χ1) is 44.4. The molecule has 0 spiro atoms. The topological polar surface area (TPSA) is 276 Å². The number of fused-ring (bicyclic) bond motifs is 4. The van der Waals surface area contributed by atoms with Crippen LogP contribution in [0.5, 0.6) is 11.5 Å². The Labute approximate surface area is 542 Å². The van der Waals surface area contributed by atoms with Gasteiger partial charge >= 0.3 is 0 Å². The maximum Gasteiger partial charge on any atom is 0.248 e. The third kappa shape index (κ3) is 15.9. The highest BCUT2D eigenvalue weighted by Crippen LogP contribution is 2.49. The van der Waals surface area contributed by atoms with E-state index in [1.807, 2.05) is 18.2 Å². The summed E-state index contributed by atoms with van der Waals surface area (Å²) in [5.74, 6) is 0.981. The first kappa shape index (κ1) is 69.7. The average molecular weight is 1300 g/mol. The molecule has 3 aromatic rings. The number of aryl methyl sites for hydroxylation is 2. The Bertz CT molecular complexity index is 3300. The molecule has 22 nitrogen and oxygen atoms in total. The van der Waals surface area contributed by atoms with E-state index in [1.165, 1.54) is 58.8 Å². The van der Waals surface area contributed by atoms with Crippen LogP contribution in [-0.4, -0.2) is 212 Å². The minimum atomic E-state index is -3.86. The van der Waals surface area contributed by atoms with E-state index >= 15 is 0 Å². The normalized spacial score (nSPS) is 26.2. The number of carbonyl (C=O) groups is 3. The van der Waals surface area contributed by atoms with Crippen LogP contribution in [0.4, 0.5) is 5.69 Å². The van der Waals surface area contributed by atoms with Crippen LogP contribution in [0, 0.1) is 0 Å². The number of likely N-dealkylation sites (N-methyl/N-ethyl adjacent to an activating group) is 1. The van der Waals surface area contributed by atoms with Crippen LogP contribution in [0.25, 0.3) is 5.57 Å². The van der Waals surface area contributed by atoms with Crippen LogP contribution in [0.1, 0.15) is 150 Å². The molecule has 7 N–H and O–H groups in total. The van der Waals surface area contributed by atoms with Gasteiger partial charge in [-0.2, -0.15) is 0 Å². The predicted molar refractivity (Wildman–Crippen MR) is 346 cm³/mol. The molecule has 11 atom stereocenters. The third-order valence-corrected chi connectivity index (χ3v) is 21.5. The molecule has 7 heterocycles. The van der Waals surface area contributed by atoms with Gasteiger partial charge in [0.05, 0.1) is 35.9 Å². The van der Waals surface area contributed by atoms with Gasteiger partial charge in [0.2, 0.25) is 33.1 Å². The van der Waals surface area contributed by atoms with Gasteiger partial charge in [-0.05, 0) is 109 Å². The SMILES string of the molecule is COCC1O[C@H](C)C(OCC(=O)N(C)C(C)C(=O)NC2CCCCC2)C(O)C1O.COCC1O[C@H](C)C(OCC(=O)NCCCCCCCCNS(=O)(=O)c2ccccc2C2=c3cc4c5c(c3Oc3c2cc2c6c3CCCN6CCC2)CCC[N+]=5CCC4)C(O)C1O. The fraction of sp³-hybridized carbons (Fsp3) is 0.681. The zero-order valence-corrected chi connectivity index (χ0v) is 55.7. The van der Waals surface area contributed by atoms with Gasteiger partial charge < -0.3 is 74.0 Å². The Morgan fingerprint density at radius 2 is 1.30 bits per heavy atom. The van der Waals surface area contributed by atoms with Gasteiger partial charge in [0.1, 0.15) is 92.7 Å². The predicted octanol–water partition coefficient (Wildman–Crippen LogP) is 3.22. The standard InChI is InChI=1S/C49H64N4O9S.C20H36N2O7/c1-31-47(46(56)45(55)39(61-31)29-59-2)60-30-41(54)50-21-9-5-3-4-6-10-22-51-63(57,58)40-20-8-7-17-34(40)42-37-27-32-15-11-23-52-25-13-18-35(43(32)52)48(37)62-49-36-19-14-26-53-24-12-16-33(44(36)53)28-38(42)49;1-12(20(26)21-14-8-6-5-7-9-14)22(3)16(23)11-28-19-13(2)29-15(10-27-4)17(24)18(19)25/h7-8,17,20,27-28,31,39,45-47,51,55-56H,3-6,9-16,18-19,21-26,29-30H2,1-2H3;12-15,17-19,24-25H,5-11H2,1-4H3,(H,21,26)/p+1/t31-,39?,45?,46?,47?;12?,13-,15?,17?,18?,19?/m11/s1. The van der Waals surface area contributed by atoms with Gasteiger partial charge in [-0.15, -0.1) is 0 Å². The number of nitrogens with one attached hydrogen (secondary N) is 3. The zero-order valence-electron chi connectivity index (χ0n) is 54.8. The number of anilines is 1. The molecule has 2 saturated heterocycles. The molecular weight excluding hydrogens is 1200 g/mol. The average Bonchev–Trinajstić information content (AvgIpc) is 0.710. The van der Waals surface area contributed by atoms with Crippen LogP contribution >= 0.6 is 0 Å². The lowest BCUT2D eigenvalue weighted by Crippen LogP contribution is -2.59. The van der Waals surface area contributed by atoms with Gasteiger partial charge in [-0.1, -0.05) is 63.1 Å². The number of unbranched alkanes of at least 4 members (excludes halogenated alkanes) is 5. The molecular formula is C69H101N6O16S+. The number of nitrogens with zero attached hydrogens (tertiary/aromatic N) is 3. The first-order valence-electron chi connectivity index (χ1n) is 34.0. The van der Waals surface area contributed by atoms with Crippen molar-refractivity contribution in [2.45, 2.75) is 221 Å². The van der Waals surface area contributed by atoms with E-state index in [2.05, 4.69) is 37.0 Å². The van der Waals surface area contributed by atoms with Crippen molar-refractivity contribution < 1.29 is 76.4 Å². The van der Waals surface area contributed by atoms with E-state index in [1.54, 1.807) is 33.9 Å². The molecule has 8 aliphatic rings. The number of amides is 3. The lowest BCUT2D eigenvalue weighted by atomic mass is 9.82. The van der Waals surface area contributed by atoms with Crippen LogP contribution in [0.15, 0.2) is 41.3 Å². The van der Waals surface area contributed by atoms with Crippen molar-refractivity contribution in [2.24, 2.45) is 0 Å². The largest absolute Gasteiger partial charge is 0.455 e. The van der Waals surface area contributed by atoms with Crippen LogP contribution in [0.3, 0.4) is 0 Å². The molecule has 23 heteroatoms. The number of sulfonamides is 1. The lowest BCUT2D eigenvalue weighted by molar-refractivity contribution is -0.238. The summed E-state index contributed by atoms with van der Waals surface area (Å²) in [5, 5.41) is 49.6. The second-order valence-electron chi connectivity index (χ2n) is 26.4. The molecule has 1 saturated carbocycles. The molecule has 92 heavy (non-hydrogen) atoms. The summed E-state index contributed by atoms with van der Waals surface area (Å²) < 4.78 is 74.0. The lowest BCUT2D eigenvalue weighted by Gasteiger charge is -2.41. The fourth-order valence-corrected chi connectivity index (χ4v) is 16.2. The molecule has 7 aliphatic heterocycles. The Morgan fingerprint density at radius 3 is 1.98 bits per heavy atom. The highest BCUT2D eigenvalue weighted by Gasteiger charge is 2.46. The van der Waals surface area contributed by atoms with E-state index in [-0.39, 0.29) is 50.2 Å². The summed E-state index contributed by atoms with van der Waals surface area (Å²) in [6, 6.07) is 11.7. The molecule has 1 aliphatic carbocycles. The molecule has 3 fully saturated rings. The van der Waals surface area contributed by atoms with E-state index in [4.69, 9.17) is 33.2 Å². The number of carbonyl (C=O) groups excluding carboxylic acids is 3. The second-order valence-corrected chi connectivity index (χ2v) is 28.2. The molecule has 3 aromatic carbocycles. The number of ether oxygens (including phenoxy) is 7. The van der Waals surface area contributed by atoms with Crippen molar-refractivity contribution in [1.82, 2.24) is 24.8 Å². The van der Waals surface area contributed by atoms with E-state index in [9.17, 15) is 43.2 Å². The number of benzene rings is 3. The Balaban J connectivity index is 0.000000269. The fourth-order valence-electron chi connectivity index (χ4n) is 15.0. The second kappa shape index (κ2) is 32.1. The summed E-state index contributed by atoms with van der Waals surface area (Å²) in [6.45, 7) is 9.97. The van der Waals surface area contributed by atoms with Gasteiger partial charge in [-0.25, -0.2) is 17.7 Å². The monoisotopic (exact) mass is 1300 g/mol. The molecule has 0 radical (unpaired) electrons. The number of aliphatic hydroxyl groups excluding tert-OH is 4. The van der Waals surface area contributed by atoms with Crippen molar-refractivity contribution in [3.63, 3.8) is 0 Å². The highest BCUT2D eigenvalue weighted by atomic mass is 32.2.